The van der Waals surface area contributed by atoms with Gasteiger partial charge >= 0.3 is 0 Å². The third-order valence-electron chi connectivity index (χ3n) is 8.68. The third kappa shape index (κ3) is 8.44. The smallest absolute Gasteiger partial charge is 0.261 e. The van der Waals surface area contributed by atoms with Crippen LogP contribution in [-0.2, 0) is 27.9 Å². The standard InChI is InChI=1S/C32H41N7O6S/c1-3-46(44,45)34-21-24-5-4-6-25(19-24)30(41)38-13-10-32(43,11-14-38)22-39-23-33-28-20-26(7-8-27(28)31(39)42)35-29(40)9-12-37-17-15-36(2)16-18-37/h3-8,19-20,23,34,43H,1,9-18,21-22H2,2H3,(H,35,40). The molecule has 0 spiro atoms. The van der Waals surface area contributed by atoms with Crippen molar-refractivity contribution in [1.29, 1.82) is 0 Å². The molecule has 246 valence electrons. The minimum Gasteiger partial charge on any atom is -0.388 e. The van der Waals surface area contributed by atoms with E-state index in [9.17, 15) is 27.9 Å². The largest absolute Gasteiger partial charge is 0.388 e. The van der Waals surface area contributed by atoms with Crippen LogP contribution in [0.5, 0.6) is 0 Å². The lowest BCUT2D eigenvalue weighted by molar-refractivity contribution is -0.116. The summed E-state index contributed by atoms with van der Waals surface area (Å²) in [5.74, 6) is -0.315. The van der Waals surface area contributed by atoms with E-state index in [4.69, 9.17) is 0 Å². The molecule has 2 fully saturated rings. The first-order chi connectivity index (χ1) is 21.9. The van der Waals surface area contributed by atoms with Gasteiger partial charge in [-0.15, -0.1) is 0 Å². The molecule has 0 unspecified atom stereocenters. The van der Waals surface area contributed by atoms with Gasteiger partial charge in [0.25, 0.3) is 11.5 Å². The summed E-state index contributed by atoms with van der Waals surface area (Å²) in [7, 11) is -1.50. The number of hydrogen-bond donors (Lipinski definition) is 3. The van der Waals surface area contributed by atoms with Gasteiger partial charge in [-0.3, -0.25) is 19.0 Å². The number of piperidine rings is 1. The van der Waals surface area contributed by atoms with Gasteiger partial charge in [-0.25, -0.2) is 18.1 Å². The van der Waals surface area contributed by atoms with Crippen LogP contribution < -0.4 is 15.6 Å². The molecule has 0 atom stereocenters. The minimum absolute atomic E-state index is 0.0247. The van der Waals surface area contributed by atoms with E-state index in [1.165, 1.54) is 10.9 Å². The number of nitrogens with one attached hydrogen (secondary N) is 2. The van der Waals surface area contributed by atoms with Gasteiger partial charge in [-0.05, 0) is 55.8 Å². The Morgan fingerprint density at radius 2 is 1.80 bits per heavy atom. The van der Waals surface area contributed by atoms with Crippen LogP contribution in [0.2, 0.25) is 0 Å². The summed E-state index contributed by atoms with van der Waals surface area (Å²) in [5.41, 5.74) is 0.557. The predicted octanol–water partition coefficient (Wildman–Crippen LogP) is 1.20. The van der Waals surface area contributed by atoms with E-state index in [1.807, 2.05) is 0 Å². The van der Waals surface area contributed by atoms with Crippen molar-refractivity contribution in [1.82, 2.24) is 29.0 Å². The molecule has 5 rings (SSSR count). The molecule has 0 radical (unpaired) electrons. The Kier molecular flexibility index (Phi) is 10.3. The first-order valence-corrected chi connectivity index (χ1v) is 16.9. The van der Waals surface area contributed by atoms with E-state index < -0.39 is 15.6 Å². The van der Waals surface area contributed by atoms with Crippen LogP contribution in [0.1, 0.15) is 35.2 Å². The van der Waals surface area contributed by atoms with E-state index in [-0.39, 0.29) is 56.4 Å². The molecule has 2 aliphatic heterocycles. The number of rotatable bonds is 11. The molecule has 3 N–H and O–H groups in total. The molecule has 13 nitrogen and oxygen atoms in total. The van der Waals surface area contributed by atoms with Crippen LogP contribution in [0.25, 0.3) is 10.9 Å². The second-order valence-electron chi connectivity index (χ2n) is 12.1. The predicted molar refractivity (Wildman–Crippen MR) is 176 cm³/mol. The van der Waals surface area contributed by atoms with Crippen molar-refractivity contribution < 1.29 is 23.1 Å². The van der Waals surface area contributed by atoms with Crippen LogP contribution in [0, 0.1) is 0 Å². The number of benzene rings is 2. The first-order valence-electron chi connectivity index (χ1n) is 15.4. The Bertz CT molecular complexity index is 1760. The Balaban J connectivity index is 1.16. The highest BCUT2D eigenvalue weighted by Gasteiger charge is 2.35. The number of likely N-dealkylation sites (N-methyl/N-ethyl adjacent to an activating group) is 1. The van der Waals surface area contributed by atoms with Crippen molar-refractivity contribution >= 4 is 38.4 Å². The van der Waals surface area contributed by atoms with Crippen molar-refractivity contribution in [2.24, 2.45) is 0 Å². The molecule has 0 bridgehead atoms. The summed E-state index contributed by atoms with van der Waals surface area (Å²) >= 11 is 0. The maximum Gasteiger partial charge on any atom is 0.261 e. The van der Waals surface area contributed by atoms with Crippen LogP contribution >= 0.6 is 0 Å². The zero-order valence-electron chi connectivity index (χ0n) is 26.0. The van der Waals surface area contributed by atoms with Crippen molar-refractivity contribution in [2.45, 2.75) is 38.0 Å². The highest BCUT2D eigenvalue weighted by atomic mass is 32.2. The average Bonchev–Trinajstić information content (AvgIpc) is 3.05. The number of aliphatic hydroxyl groups is 1. The number of amides is 2. The van der Waals surface area contributed by atoms with Gasteiger partial charge in [0, 0.05) is 75.4 Å². The number of anilines is 1. The highest BCUT2D eigenvalue weighted by Crippen LogP contribution is 2.25. The van der Waals surface area contributed by atoms with E-state index in [0.29, 0.717) is 40.7 Å². The molecule has 3 aromatic rings. The Hall–Kier alpha value is -3.95. The Labute approximate surface area is 268 Å². The van der Waals surface area contributed by atoms with Gasteiger partial charge in [-0.1, -0.05) is 18.7 Å². The minimum atomic E-state index is -3.59. The molecule has 0 saturated carbocycles. The lowest BCUT2D eigenvalue weighted by atomic mass is 9.90. The van der Waals surface area contributed by atoms with Gasteiger partial charge in [0.15, 0.2) is 0 Å². The highest BCUT2D eigenvalue weighted by molar-refractivity contribution is 7.92. The van der Waals surface area contributed by atoms with Crippen LogP contribution in [0.15, 0.2) is 65.6 Å². The van der Waals surface area contributed by atoms with E-state index >= 15 is 0 Å². The van der Waals surface area contributed by atoms with E-state index in [0.717, 1.165) is 31.6 Å². The van der Waals surface area contributed by atoms with Crippen molar-refractivity contribution in [3.8, 4) is 0 Å². The first kappa shape index (κ1) is 33.4. The quantitative estimate of drug-likeness (QED) is 0.277. The maximum atomic E-state index is 13.3. The van der Waals surface area contributed by atoms with Gasteiger partial charge in [0.2, 0.25) is 15.9 Å². The lowest BCUT2D eigenvalue weighted by Gasteiger charge is -2.38. The van der Waals surface area contributed by atoms with Gasteiger partial charge in [0.1, 0.15) is 0 Å². The van der Waals surface area contributed by atoms with Gasteiger partial charge in [0.05, 0.1) is 29.4 Å². The van der Waals surface area contributed by atoms with Crippen LogP contribution in [0.4, 0.5) is 5.69 Å². The second-order valence-corrected chi connectivity index (χ2v) is 13.8. The molecule has 2 aliphatic rings. The Morgan fingerprint density at radius 1 is 1.07 bits per heavy atom. The number of aromatic nitrogens is 2. The molecular weight excluding hydrogens is 610 g/mol. The SMILES string of the molecule is C=CS(=O)(=O)NCc1cccc(C(=O)N2CCC(O)(Cn3cnc4cc(NC(=O)CCN5CCN(C)CC5)ccc4c3=O)CC2)c1. The normalized spacial score (nSPS) is 17.6. The summed E-state index contributed by atoms with van der Waals surface area (Å²) in [5, 5.41) is 15.5. The summed E-state index contributed by atoms with van der Waals surface area (Å²) in [6.07, 6.45) is 2.32. The Morgan fingerprint density at radius 3 is 2.52 bits per heavy atom. The third-order valence-corrected chi connectivity index (χ3v) is 9.66. The monoisotopic (exact) mass is 651 g/mol. The number of sulfonamides is 1. The van der Waals surface area contributed by atoms with E-state index in [2.05, 4.69) is 38.4 Å². The average molecular weight is 652 g/mol. The number of fused-ring (bicyclic) bond motifs is 1. The molecule has 3 heterocycles. The number of carbonyl (C=O) groups excluding carboxylic acids is 2. The van der Waals surface area contributed by atoms with E-state index in [1.54, 1.807) is 47.4 Å². The number of hydrogen-bond acceptors (Lipinski definition) is 9. The van der Waals surface area contributed by atoms with Crippen LogP contribution in [0.3, 0.4) is 0 Å². The fraction of sp³-hybridized carbons (Fsp3) is 0.438. The van der Waals surface area contributed by atoms with Crippen LogP contribution in [-0.4, -0.2) is 108 Å². The number of piperazine rings is 1. The molecule has 2 saturated heterocycles. The summed E-state index contributed by atoms with van der Waals surface area (Å²) in [4.78, 5) is 49.7. The molecular formula is C32H41N7O6S. The zero-order valence-corrected chi connectivity index (χ0v) is 26.8. The zero-order chi connectivity index (χ0) is 32.9. The topological polar surface area (TPSA) is 157 Å². The molecule has 2 aromatic carbocycles. The number of nitrogens with zero attached hydrogens (tertiary/aromatic N) is 5. The maximum absolute atomic E-state index is 13.3. The second kappa shape index (κ2) is 14.2. The number of likely N-dealkylation sites (tertiary alicyclic amines) is 1. The molecule has 14 heteroatoms. The molecule has 0 aliphatic carbocycles. The summed E-state index contributed by atoms with van der Waals surface area (Å²) in [6.45, 7) is 8.47. The fourth-order valence-corrected chi connectivity index (χ4v) is 6.23. The van der Waals surface area contributed by atoms with Crippen molar-refractivity contribution in [2.75, 3.05) is 58.2 Å². The van der Waals surface area contributed by atoms with Gasteiger partial charge < -0.3 is 25.1 Å². The summed E-state index contributed by atoms with van der Waals surface area (Å²) < 4.78 is 27.1. The number of carbonyl (C=O) groups is 2. The molecule has 1 aromatic heterocycles. The van der Waals surface area contributed by atoms with Crippen molar-refractivity contribution in [3.05, 3.63) is 82.3 Å². The summed E-state index contributed by atoms with van der Waals surface area (Å²) in [6, 6.07) is 11.7. The molecule has 46 heavy (non-hydrogen) atoms. The van der Waals surface area contributed by atoms with Gasteiger partial charge in [-0.2, -0.15) is 0 Å². The molecule has 2 amide bonds. The van der Waals surface area contributed by atoms with Crippen molar-refractivity contribution in [3.63, 3.8) is 0 Å². The fourth-order valence-electron chi connectivity index (χ4n) is 5.74. The lowest BCUT2D eigenvalue weighted by Crippen LogP contribution is -2.49.